The fourth-order valence-corrected chi connectivity index (χ4v) is 3.24. The van der Waals surface area contributed by atoms with Gasteiger partial charge in [-0.3, -0.25) is 14.8 Å². The molecule has 0 bridgehead atoms. The van der Waals surface area contributed by atoms with Crippen molar-refractivity contribution < 1.29 is 4.79 Å². The van der Waals surface area contributed by atoms with Gasteiger partial charge in [0.05, 0.1) is 0 Å². The average Bonchev–Trinajstić information content (AvgIpc) is 3.03. The standard InChI is InChI=1S/C17H25N3OS/c1-2-3-10-16(21)19-13-7-14-20(19)17(22)18-12-11-15-8-5-4-6-9-15/h1,8H,3-7,9-14H2,(H,18,22). The molecule has 0 radical (unpaired) electrons. The molecule has 1 saturated heterocycles. The van der Waals surface area contributed by atoms with Crippen LogP contribution < -0.4 is 5.32 Å². The molecule has 1 fully saturated rings. The first-order chi connectivity index (χ1) is 10.7. The first-order valence-corrected chi connectivity index (χ1v) is 8.60. The van der Waals surface area contributed by atoms with Gasteiger partial charge in [0.15, 0.2) is 5.11 Å². The Morgan fingerprint density at radius 3 is 2.86 bits per heavy atom. The third-order valence-corrected chi connectivity index (χ3v) is 4.50. The number of rotatable bonds is 5. The molecule has 120 valence electrons. The highest BCUT2D eigenvalue weighted by Crippen LogP contribution is 2.19. The Hall–Kier alpha value is -1.54. The van der Waals surface area contributed by atoms with Gasteiger partial charge in [-0.1, -0.05) is 11.6 Å². The maximum absolute atomic E-state index is 12.1. The number of carbonyl (C=O) groups is 1. The fourth-order valence-electron chi connectivity index (χ4n) is 2.94. The number of allylic oxidation sites excluding steroid dienone is 1. The van der Waals surface area contributed by atoms with E-state index in [1.807, 2.05) is 5.01 Å². The van der Waals surface area contributed by atoms with E-state index in [-0.39, 0.29) is 5.91 Å². The molecule has 0 unspecified atom stereocenters. The summed E-state index contributed by atoms with van der Waals surface area (Å²) in [6.45, 7) is 2.38. The van der Waals surface area contributed by atoms with Crippen LogP contribution in [0.5, 0.6) is 0 Å². The number of hydrogen-bond acceptors (Lipinski definition) is 2. The smallest absolute Gasteiger partial charge is 0.242 e. The third-order valence-electron chi connectivity index (χ3n) is 4.14. The van der Waals surface area contributed by atoms with E-state index in [1.165, 1.54) is 31.3 Å². The number of nitrogens with zero attached hydrogens (tertiary/aromatic N) is 2. The molecule has 1 amide bonds. The lowest BCUT2D eigenvalue weighted by atomic mass is 9.97. The van der Waals surface area contributed by atoms with Gasteiger partial charge < -0.3 is 5.32 Å². The van der Waals surface area contributed by atoms with E-state index in [4.69, 9.17) is 18.6 Å². The SMILES string of the molecule is C#CCCC(=O)N1CCCN1C(=S)NCCC1=CCCCC1. The number of terminal acetylenes is 1. The molecule has 1 heterocycles. The van der Waals surface area contributed by atoms with Crippen molar-refractivity contribution in [3.63, 3.8) is 0 Å². The molecular weight excluding hydrogens is 294 g/mol. The van der Waals surface area contributed by atoms with Crippen molar-refractivity contribution in [3.8, 4) is 12.3 Å². The lowest BCUT2D eigenvalue weighted by Gasteiger charge is -2.30. The van der Waals surface area contributed by atoms with Gasteiger partial charge in [-0.15, -0.1) is 12.3 Å². The van der Waals surface area contributed by atoms with E-state index in [0.29, 0.717) is 18.0 Å². The number of nitrogens with one attached hydrogen (secondary N) is 1. The number of hydrogen-bond donors (Lipinski definition) is 1. The zero-order valence-corrected chi connectivity index (χ0v) is 14.0. The summed E-state index contributed by atoms with van der Waals surface area (Å²) in [4.78, 5) is 12.1. The molecular formula is C17H25N3OS. The van der Waals surface area contributed by atoms with Gasteiger partial charge in [0.2, 0.25) is 5.91 Å². The van der Waals surface area contributed by atoms with Crippen LogP contribution in [0, 0.1) is 12.3 Å². The number of carbonyl (C=O) groups excluding carboxylic acids is 1. The summed E-state index contributed by atoms with van der Waals surface area (Å²) < 4.78 is 0. The second-order valence-corrected chi connectivity index (χ2v) is 6.17. The molecule has 0 aromatic rings. The van der Waals surface area contributed by atoms with Crippen LogP contribution in [0.1, 0.15) is 51.4 Å². The number of hydrazine groups is 1. The van der Waals surface area contributed by atoms with Crippen LogP contribution in [-0.2, 0) is 4.79 Å². The topological polar surface area (TPSA) is 35.6 Å². The van der Waals surface area contributed by atoms with E-state index in [1.54, 1.807) is 5.01 Å². The molecule has 0 spiro atoms. The second kappa shape index (κ2) is 8.79. The van der Waals surface area contributed by atoms with Gasteiger partial charge in [0.25, 0.3) is 0 Å². The van der Waals surface area contributed by atoms with Crippen LogP contribution in [0.25, 0.3) is 0 Å². The quantitative estimate of drug-likeness (QED) is 0.480. The van der Waals surface area contributed by atoms with Gasteiger partial charge in [-0.05, 0) is 50.7 Å². The van der Waals surface area contributed by atoms with Crippen LogP contribution >= 0.6 is 12.2 Å². The van der Waals surface area contributed by atoms with Gasteiger partial charge in [0, 0.05) is 32.5 Å². The van der Waals surface area contributed by atoms with Gasteiger partial charge >= 0.3 is 0 Å². The highest BCUT2D eigenvalue weighted by Gasteiger charge is 2.27. The molecule has 2 aliphatic rings. The number of amides is 1. The van der Waals surface area contributed by atoms with Crippen molar-refractivity contribution in [1.82, 2.24) is 15.3 Å². The first kappa shape index (κ1) is 16.8. The second-order valence-electron chi connectivity index (χ2n) is 5.79. The minimum atomic E-state index is 0.0644. The Balaban J connectivity index is 1.77. The van der Waals surface area contributed by atoms with Crippen molar-refractivity contribution in [1.29, 1.82) is 0 Å². The van der Waals surface area contributed by atoms with Crippen LogP contribution in [0.4, 0.5) is 0 Å². The van der Waals surface area contributed by atoms with Crippen molar-refractivity contribution in [2.75, 3.05) is 19.6 Å². The third kappa shape index (κ3) is 4.74. The molecule has 0 aromatic carbocycles. The van der Waals surface area contributed by atoms with Crippen LogP contribution in [0.3, 0.4) is 0 Å². The average molecular weight is 319 g/mol. The fraction of sp³-hybridized carbons (Fsp3) is 0.647. The zero-order chi connectivity index (χ0) is 15.8. The predicted molar refractivity (Wildman–Crippen MR) is 92.9 cm³/mol. The molecule has 5 heteroatoms. The molecule has 1 N–H and O–H groups in total. The van der Waals surface area contributed by atoms with Gasteiger partial charge in [-0.2, -0.15) is 0 Å². The van der Waals surface area contributed by atoms with Gasteiger partial charge in [0.1, 0.15) is 0 Å². The molecule has 0 aromatic heterocycles. The Labute approximate surface area is 138 Å². The predicted octanol–water partition coefficient (Wildman–Crippen LogP) is 2.61. The molecule has 1 aliphatic heterocycles. The monoisotopic (exact) mass is 319 g/mol. The van der Waals surface area contributed by atoms with E-state index in [9.17, 15) is 4.79 Å². The highest BCUT2D eigenvalue weighted by molar-refractivity contribution is 7.80. The zero-order valence-electron chi connectivity index (χ0n) is 13.1. The van der Waals surface area contributed by atoms with E-state index < -0.39 is 0 Å². The Morgan fingerprint density at radius 1 is 1.32 bits per heavy atom. The van der Waals surface area contributed by atoms with Crippen LogP contribution in [-0.4, -0.2) is 40.7 Å². The molecule has 0 saturated carbocycles. The summed E-state index contributed by atoms with van der Waals surface area (Å²) in [5.41, 5.74) is 1.53. The summed E-state index contributed by atoms with van der Waals surface area (Å²) >= 11 is 5.45. The summed E-state index contributed by atoms with van der Waals surface area (Å²) in [6.07, 6.45) is 15.5. The highest BCUT2D eigenvalue weighted by atomic mass is 32.1. The summed E-state index contributed by atoms with van der Waals surface area (Å²) in [5.74, 6) is 2.58. The molecule has 1 aliphatic carbocycles. The minimum Gasteiger partial charge on any atom is -0.361 e. The Morgan fingerprint density at radius 2 is 2.14 bits per heavy atom. The van der Waals surface area contributed by atoms with Gasteiger partial charge in [-0.25, -0.2) is 0 Å². The van der Waals surface area contributed by atoms with Crippen molar-refractivity contribution in [2.45, 2.75) is 51.4 Å². The van der Waals surface area contributed by atoms with Crippen molar-refractivity contribution in [3.05, 3.63) is 11.6 Å². The maximum Gasteiger partial charge on any atom is 0.242 e. The molecule has 0 atom stereocenters. The first-order valence-electron chi connectivity index (χ1n) is 8.19. The summed E-state index contributed by atoms with van der Waals surface area (Å²) in [5, 5.41) is 7.59. The van der Waals surface area contributed by atoms with E-state index in [0.717, 1.165) is 32.5 Å². The Kier molecular flexibility index (Phi) is 6.73. The van der Waals surface area contributed by atoms with Crippen molar-refractivity contribution >= 4 is 23.2 Å². The minimum absolute atomic E-state index is 0.0644. The largest absolute Gasteiger partial charge is 0.361 e. The van der Waals surface area contributed by atoms with E-state index in [2.05, 4.69) is 17.3 Å². The maximum atomic E-state index is 12.1. The lowest BCUT2D eigenvalue weighted by molar-refractivity contribution is -0.138. The molecule has 22 heavy (non-hydrogen) atoms. The van der Waals surface area contributed by atoms with Crippen molar-refractivity contribution in [2.24, 2.45) is 0 Å². The number of thiocarbonyl (C=S) groups is 1. The van der Waals surface area contributed by atoms with Crippen LogP contribution in [0.2, 0.25) is 0 Å². The molecule has 2 rings (SSSR count). The lowest BCUT2D eigenvalue weighted by Crippen LogP contribution is -2.49. The summed E-state index contributed by atoms with van der Waals surface area (Å²) in [6, 6.07) is 0. The Bertz CT molecular complexity index is 481. The molecule has 4 nitrogen and oxygen atoms in total. The summed E-state index contributed by atoms with van der Waals surface area (Å²) in [7, 11) is 0. The van der Waals surface area contributed by atoms with E-state index >= 15 is 0 Å². The normalized spacial score (nSPS) is 17.9. The van der Waals surface area contributed by atoms with Crippen LogP contribution in [0.15, 0.2) is 11.6 Å².